The van der Waals surface area contributed by atoms with E-state index in [2.05, 4.69) is 55.1 Å². The van der Waals surface area contributed by atoms with Gasteiger partial charge in [-0.3, -0.25) is 0 Å². The van der Waals surface area contributed by atoms with Crippen molar-refractivity contribution in [2.75, 3.05) is 0 Å². The molecular formula is C18H17N. The van der Waals surface area contributed by atoms with Crippen LogP contribution in [0.4, 0.5) is 0 Å². The predicted molar refractivity (Wildman–Crippen MR) is 79.6 cm³/mol. The van der Waals surface area contributed by atoms with Crippen LogP contribution in [0.25, 0.3) is 5.57 Å². The van der Waals surface area contributed by atoms with E-state index in [1.165, 1.54) is 22.3 Å². The fraction of sp³-hybridized carbons (Fsp3) is 0.222. The number of allylic oxidation sites excluding steroid dienone is 6. The molecule has 1 aromatic rings. The van der Waals surface area contributed by atoms with Crippen molar-refractivity contribution in [3.05, 3.63) is 77.9 Å². The van der Waals surface area contributed by atoms with Crippen LogP contribution in [0, 0.1) is 5.92 Å². The highest BCUT2D eigenvalue weighted by Crippen LogP contribution is 2.62. The fourth-order valence-electron chi connectivity index (χ4n) is 4.16. The first kappa shape index (κ1) is 11.0. The largest absolute Gasteiger partial charge is 0.324 e. The average molecular weight is 247 g/mol. The van der Waals surface area contributed by atoms with Gasteiger partial charge in [-0.1, -0.05) is 54.6 Å². The van der Waals surface area contributed by atoms with Crippen molar-refractivity contribution >= 4 is 5.57 Å². The van der Waals surface area contributed by atoms with Crippen molar-refractivity contribution in [3.63, 3.8) is 0 Å². The maximum absolute atomic E-state index is 6.47. The van der Waals surface area contributed by atoms with Gasteiger partial charge in [0.05, 0.1) is 0 Å². The molecule has 0 radical (unpaired) electrons. The van der Waals surface area contributed by atoms with Crippen LogP contribution in [0.1, 0.15) is 17.5 Å². The number of nitrogens with two attached hydrogens (primary N) is 1. The van der Waals surface area contributed by atoms with Gasteiger partial charge in [0.25, 0.3) is 0 Å². The smallest absolute Gasteiger partial charge is 0.0332 e. The van der Waals surface area contributed by atoms with Crippen LogP contribution in [0.3, 0.4) is 0 Å². The Bertz CT molecular complexity index is 662. The molecule has 2 bridgehead atoms. The minimum atomic E-state index is -0.00965. The zero-order valence-corrected chi connectivity index (χ0v) is 10.8. The molecule has 0 saturated heterocycles. The second kappa shape index (κ2) is 3.58. The van der Waals surface area contributed by atoms with Gasteiger partial charge in [-0.2, -0.15) is 0 Å². The van der Waals surface area contributed by atoms with Crippen molar-refractivity contribution in [2.24, 2.45) is 11.7 Å². The summed E-state index contributed by atoms with van der Waals surface area (Å²) in [6, 6.07) is 8.72. The van der Waals surface area contributed by atoms with E-state index in [0.717, 1.165) is 6.42 Å². The van der Waals surface area contributed by atoms with E-state index in [-0.39, 0.29) is 11.5 Å². The van der Waals surface area contributed by atoms with Gasteiger partial charge in [0, 0.05) is 17.4 Å². The summed E-state index contributed by atoms with van der Waals surface area (Å²) >= 11 is 0. The number of benzene rings is 1. The molecule has 3 unspecified atom stereocenters. The van der Waals surface area contributed by atoms with E-state index in [0.29, 0.717) is 5.92 Å². The molecule has 3 aliphatic carbocycles. The first-order valence-corrected chi connectivity index (χ1v) is 6.85. The molecule has 3 aliphatic rings. The lowest BCUT2D eigenvalue weighted by atomic mass is 9.65. The van der Waals surface area contributed by atoms with Gasteiger partial charge < -0.3 is 5.73 Å². The molecule has 4 rings (SSSR count). The highest BCUT2D eigenvalue weighted by molar-refractivity contribution is 5.86. The molecule has 3 atom stereocenters. The van der Waals surface area contributed by atoms with Gasteiger partial charge >= 0.3 is 0 Å². The molecular weight excluding hydrogens is 230 g/mol. The van der Waals surface area contributed by atoms with Crippen molar-refractivity contribution < 1.29 is 0 Å². The van der Waals surface area contributed by atoms with Gasteiger partial charge in [-0.05, 0) is 28.7 Å². The number of fused-ring (bicyclic) bond motifs is 7. The molecule has 94 valence electrons. The zero-order valence-electron chi connectivity index (χ0n) is 10.8. The van der Waals surface area contributed by atoms with Crippen molar-refractivity contribution in [1.29, 1.82) is 0 Å². The van der Waals surface area contributed by atoms with E-state index >= 15 is 0 Å². The second-order valence-electron chi connectivity index (χ2n) is 5.68. The van der Waals surface area contributed by atoms with Crippen LogP contribution >= 0.6 is 0 Å². The molecule has 1 nitrogen and oxygen atoms in total. The van der Waals surface area contributed by atoms with Crippen LogP contribution in [0.5, 0.6) is 0 Å². The average Bonchev–Trinajstić information content (AvgIpc) is 3.00. The third-order valence-corrected chi connectivity index (χ3v) is 5.00. The quantitative estimate of drug-likeness (QED) is 0.797. The molecule has 0 fully saturated rings. The Morgan fingerprint density at radius 1 is 1.32 bits per heavy atom. The summed E-state index contributed by atoms with van der Waals surface area (Å²) in [6.45, 7) is 3.94. The molecule has 0 saturated carbocycles. The topological polar surface area (TPSA) is 26.0 Å². The van der Waals surface area contributed by atoms with E-state index in [9.17, 15) is 0 Å². The standard InChI is InChI=1S/C18H17N/c1-2-17(19)18-11-14(12-7-3-5-9-15(12)18)13-8-4-6-10-16(13)18/h2-10,15,17H,1,11,19H2. The van der Waals surface area contributed by atoms with Gasteiger partial charge in [0.2, 0.25) is 0 Å². The van der Waals surface area contributed by atoms with Gasteiger partial charge in [-0.15, -0.1) is 6.58 Å². The van der Waals surface area contributed by atoms with E-state index in [1.54, 1.807) is 0 Å². The molecule has 19 heavy (non-hydrogen) atoms. The molecule has 0 heterocycles. The lowest BCUT2D eigenvalue weighted by Crippen LogP contribution is -2.47. The number of hydrogen-bond acceptors (Lipinski definition) is 1. The summed E-state index contributed by atoms with van der Waals surface area (Å²) < 4.78 is 0. The van der Waals surface area contributed by atoms with E-state index in [4.69, 9.17) is 5.73 Å². The van der Waals surface area contributed by atoms with Crippen LogP contribution in [0.15, 0.2) is 66.8 Å². The first-order chi connectivity index (χ1) is 9.29. The number of hydrogen-bond donors (Lipinski definition) is 1. The van der Waals surface area contributed by atoms with Gasteiger partial charge in [0.15, 0.2) is 0 Å². The normalized spacial score (nSPS) is 31.3. The molecule has 0 spiro atoms. The Labute approximate surface area is 113 Å². The molecule has 0 amide bonds. The van der Waals surface area contributed by atoms with Gasteiger partial charge in [0.1, 0.15) is 0 Å². The minimum Gasteiger partial charge on any atom is -0.324 e. The lowest BCUT2D eigenvalue weighted by molar-refractivity contribution is 0.353. The summed E-state index contributed by atoms with van der Waals surface area (Å²) in [5.74, 6) is 0.412. The third-order valence-electron chi connectivity index (χ3n) is 5.00. The third kappa shape index (κ3) is 1.14. The minimum absolute atomic E-state index is 0.00944. The maximum atomic E-state index is 6.47. The summed E-state index contributed by atoms with van der Waals surface area (Å²) in [7, 11) is 0. The van der Waals surface area contributed by atoms with Crippen LogP contribution in [-0.4, -0.2) is 6.04 Å². The van der Waals surface area contributed by atoms with Crippen molar-refractivity contribution in [2.45, 2.75) is 17.9 Å². The molecule has 0 aromatic heterocycles. The molecule has 2 N–H and O–H groups in total. The molecule has 1 heteroatoms. The Morgan fingerprint density at radius 2 is 2.16 bits per heavy atom. The van der Waals surface area contributed by atoms with Gasteiger partial charge in [-0.25, -0.2) is 0 Å². The molecule has 1 aromatic carbocycles. The summed E-state index contributed by atoms with van der Waals surface area (Å²) in [5.41, 5.74) is 12.2. The van der Waals surface area contributed by atoms with E-state index < -0.39 is 0 Å². The Morgan fingerprint density at radius 3 is 3.00 bits per heavy atom. The SMILES string of the molecule is C=CC(N)C12CC(=C3C=CC=CC31)c1ccccc12. The zero-order chi connectivity index (χ0) is 13.0. The Hall–Kier alpha value is -1.86. The van der Waals surface area contributed by atoms with Crippen LogP contribution < -0.4 is 5.73 Å². The summed E-state index contributed by atoms with van der Waals surface area (Å²) in [5, 5.41) is 0. The predicted octanol–water partition coefficient (Wildman–Crippen LogP) is 3.35. The number of rotatable bonds is 2. The fourth-order valence-corrected chi connectivity index (χ4v) is 4.16. The van der Waals surface area contributed by atoms with Crippen molar-refractivity contribution in [1.82, 2.24) is 0 Å². The maximum Gasteiger partial charge on any atom is 0.0332 e. The highest BCUT2D eigenvalue weighted by Gasteiger charge is 2.55. The van der Waals surface area contributed by atoms with Crippen molar-refractivity contribution in [3.8, 4) is 0 Å². The van der Waals surface area contributed by atoms with Crippen LogP contribution in [0.2, 0.25) is 0 Å². The Balaban J connectivity index is 2.04. The second-order valence-corrected chi connectivity index (χ2v) is 5.68. The van der Waals surface area contributed by atoms with Crippen LogP contribution in [-0.2, 0) is 5.41 Å². The Kier molecular flexibility index (Phi) is 2.07. The summed E-state index contributed by atoms with van der Waals surface area (Å²) in [4.78, 5) is 0. The monoisotopic (exact) mass is 247 g/mol. The first-order valence-electron chi connectivity index (χ1n) is 6.85. The van der Waals surface area contributed by atoms with E-state index in [1.807, 2.05) is 6.08 Å². The summed E-state index contributed by atoms with van der Waals surface area (Å²) in [6.07, 6.45) is 11.8. The molecule has 0 aliphatic heterocycles. The highest BCUT2D eigenvalue weighted by atomic mass is 14.7. The lowest BCUT2D eigenvalue weighted by Gasteiger charge is -2.40.